The predicted molar refractivity (Wildman–Crippen MR) is 90.8 cm³/mol. The Morgan fingerprint density at radius 3 is 2.67 bits per heavy atom. The highest BCUT2D eigenvalue weighted by Crippen LogP contribution is 2.36. The van der Waals surface area contributed by atoms with E-state index < -0.39 is 0 Å². The van der Waals surface area contributed by atoms with Crippen LogP contribution >= 0.6 is 0 Å². The number of nitrogens with zero attached hydrogens (tertiary/aromatic N) is 2. The first-order chi connectivity index (χ1) is 10.1. The number of aromatic nitrogens is 1. The molecular weight excluding hydrogens is 258 g/mol. The molecule has 0 aliphatic carbocycles. The molecule has 1 aromatic heterocycles. The van der Waals surface area contributed by atoms with Crippen LogP contribution in [0.3, 0.4) is 0 Å². The summed E-state index contributed by atoms with van der Waals surface area (Å²) in [5, 5.41) is 3.59. The summed E-state index contributed by atoms with van der Waals surface area (Å²) in [6.07, 6.45) is 6.93. The molecule has 21 heavy (non-hydrogen) atoms. The smallest absolute Gasteiger partial charge is 0.133 e. The van der Waals surface area contributed by atoms with Crippen LogP contribution in [0.15, 0.2) is 18.3 Å². The van der Waals surface area contributed by atoms with Gasteiger partial charge < -0.3 is 10.2 Å². The van der Waals surface area contributed by atoms with Crippen molar-refractivity contribution in [2.45, 2.75) is 59.4 Å². The molecule has 3 nitrogen and oxygen atoms in total. The second-order valence-corrected chi connectivity index (χ2v) is 6.74. The Hall–Kier alpha value is -1.09. The predicted octanol–water partition coefficient (Wildman–Crippen LogP) is 4.16. The van der Waals surface area contributed by atoms with E-state index in [-0.39, 0.29) is 0 Å². The van der Waals surface area contributed by atoms with Crippen molar-refractivity contribution in [2.24, 2.45) is 5.41 Å². The maximum absolute atomic E-state index is 4.69. The zero-order valence-electron chi connectivity index (χ0n) is 14.2. The van der Waals surface area contributed by atoms with Crippen LogP contribution in [-0.2, 0) is 0 Å². The average molecular weight is 289 g/mol. The topological polar surface area (TPSA) is 28.2 Å². The fourth-order valence-corrected chi connectivity index (χ4v) is 3.09. The van der Waals surface area contributed by atoms with Gasteiger partial charge in [0.15, 0.2) is 0 Å². The van der Waals surface area contributed by atoms with Crippen molar-refractivity contribution in [3.63, 3.8) is 0 Å². The summed E-state index contributed by atoms with van der Waals surface area (Å²) < 4.78 is 0. The molecule has 0 bridgehead atoms. The quantitative estimate of drug-likeness (QED) is 0.852. The zero-order chi connectivity index (χ0) is 15.3. The molecule has 0 saturated carbocycles. The monoisotopic (exact) mass is 289 g/mol. The Labute approximate surface area is 130 Å². The highest BCUT2D eigenvalue weighted by molar-refractivity contribution is 5.48. The molecule has 1 aliphatic heterocycles. The van der Waals surface area contributed by atoms with Crippen LogP contribution in [0.4, 0.5) is 5.82 Å². The molecule has 2 rings (SSSR count). The molecule has 1 aliphatic rings. The third-order valence-corrected chi connectivity index (χ3v) is 5.11. The molecule has 1 unspecified atom stereocenters. The van der Waals surface area contributed by atoms with Crippen LogP contribution < -0.4 is 10.2 Å². The van der Waals surface area contributed by atoms with Crippen LogP contribution in [-0.4, -0.2) is 24.6 Å². The van der Waals surface area contributed by atoms with E-state index in [1.807, 2.05) is 6.20 Å². The van der Waals surface area contributed by atoms with Gasteiger partial charge in [0.2, 0.25) is 0 Å². The van der Waals surface area contributed by atoms with Crippen molar-refractivity contribution in [1.29, 1.82) is 0 Å². The van der Waals surface area contributed by atoms with E-state index >= 15 is 0 Å². The molecule has 1 saturated heterocycles. The van der Waals surface area contributed by atoms with Crippen molar-refractivity contribution in [3.05, 3.63) is 23.9 Å². The van der Waals surface area contributed by atoms with Crippen LogP contribution in [0.25, 0.3) is 0 Å². The van der Waals surface area contributed by atoms with Gasteiger partial charge in [-0.15, -0.1) is 0 Å². The van der Waals surface area contributed by atoms with Crippen molar-refractivity contribution in [2.75, 3.05) is 24.5 Å². The number of anilines is 1. The molecular formula is C18H31N3. The normalized spacial score (nSPS) is 19.5. The summed E-state index contributed by atoms with van der Waals surface area (Å²) in [5.41, 5.74) is 1.86. The summed E-state index contributed by atoms with van der Waals surface area (Å²) in [4.78, 5) is 7.17. The number of hydrogen-bond donors (Lipinski definition) is 1. The molecule has 3 heteroatoms. The standard InChI is InChI=1S/C18H31N3/c1-5-11-19-15(3)16-8-7-12-20-17(16)21-13-9-18(4,6-2)10-14-21/h7-8,12,15,19H,5-6,9-11,13-14H2,1-4H3. The lowest BCUT2D eigenvalue weighted by atomic mass is 9.78. The van der Waals surface area contributed by atoms with Gasteiger partial charge >= 0.3 is 0 Å². The Balaban J connectivity index is 2.10. The summed E-state index contributed by atoms with van der Waals surface area (Å²) >= 11 is 0. The Morgan fingerprint density at radius 1 is 1.33 bits per heavy atom. The highest BCUT2D eigenvalue weighted by atomic mass is 15.2. The van der Waals surface area contributed by atoms with Gasteiger partial charge in [-0.05, 0) is 44.2 Å². The third-order valence-electron chi connectivity index (χ3n) is 5.11. The second kappa shape index (κ2) is 7.26. The van der Waals surface area contributed by atoms with E-state index in [1.54, 1.807) is 0 Å². The third kappa shape index (κ3) is 3.97. The molecule has 0 aromatic carbocycles. The van der Waals surface area contributed by atoms with Crippen LogP contribution in [0, 0.1) is 5.41 Å². The number of pyridine rings is 1. The number of piperidine rings is 1. The first-order valence-corrected chi connectivity index (χ1v) is 8.53. The van der Waals surface area contributed by atoms with Crippen molar-refractivity contribution in [3.8, 4) is 0 Å². The van der Waals surface area contributed by atoms with E-state index in [2.05, 4.69) is 50.0 Å². The highest BCUT2D eigenvalue weighted by Gasteiger charge is 2.29. The fourth-order valence-electron chi connectivity index (χ4n) is 3.09. The molecule has 0 amide bonds. The van der Waals surface area contributed by atoms with Gasteiger partial charge in [0.05, 0.1) is 0 Å². The van der Waals surface area contributed by atoms with Crippen molar-refractivity contribution in [1.82, 2.24) is 10.3 Å². The van der Waals surface area contributed by atoms with E-state index in [9.17, 15) is 0 Å². The van der Waals surface area contributed by atoms with Gasteiger partial charge in [-0.1, -0.05) is 33.3 Å². The summed E-state index contributed by atoms with van der Waals surface area (Å²) in [7, 11) is 0. The van der Waals surface area contributed by atoms with Gasteiger partial charge in [-0.3, -0.25) is 0 Å². The van der Waals surface area contributed by atoms with E-state index in [0.29, 0.717) is 11.5 Å². The van der Waals surface area contributed by atoms with Gasteiger partial charge in [-0.2, -0.15) is 0 Å². The molecule has 2 heterocycles. The SMILES string of the molecule is CCCNC(C)c1cccnc1N1CCC(C)(CC)CC1. The lowest BCUT2D eigenvalue weighted by Crippen LogP contribution is -2.39. The summed E-state index contributed by atoms with van der Waals surface area (Å²) in [6.45, 7) is 12.5. The Bertz CT molecular complexity index is 436. The maximum atomic E-state index is 4.69. The lowest BCUT2D eigenvalue weighted by molar-refractivity contribution is 0.237. The average Bonchev–Trinajstić information content (AvgIpc) is 2.53. The van der Waals surface area contributed by atoms with E-state index in [1.165, 1.54) is 37.1 Å². The number of rotatable bonds is 6. The number of hydrogen-bond acceptors (Lipinski definition) is 3. The largest absolute Gasteiger partial charge is 0.356 e. The zero-order valence-corrected chi connectivity index (χ0v) is 14.2. The molecule has 1 N–H and O–H groups in total. The first kappa shape index (κ1) is 16.3. The minimum Gasteiger partial charge on any atom is -0.356 e. The molecule has 1 atom stereocenters. The van der Waals surface area contributed by atoms with Crippen molar-refractivity contribution >= 4 is 5.82 Å². The summed E-state index contributed by atoms with van der Waals surface area (Å²) in [5.74, 6) is 1.19. The minimum absolute atomic E-state index is 0.369. The van der Waals surface area contributed by atoms with E-state index in [4.69, 9.17) is 4.98 Å². The van der Waals surface area contributed by atoms with Crippen LogP contribution in [0.1, 0.15) is 65.0 Å². The number of nitrogens with one attached hydrogen (secondary N) is 1. The van der Waals surface area contributed by atoms with Crippen LogP contribution in [0.5, 0.6) is 0 Å². The Kier molecular flexibility index (Phi) is 5.63. The van der Waals surface area contributed by atoms with Gasteiger partial charge in [0.1, 0.15) is 5.82 Å². The minimum atomic E-state index is 0.369. The molecule has 118 valence electrons. The first-order valence-electron chi connectivity index (χ1n) is 8.53. The Morgan fingerprint density at radius 2 is 2.05 bits per heavy atom. The molecule has 1 aromatic rings. The van der Waals surface area contributed by atoms with Gasteiger partial charge in [-0.25, -0.2) is 4.98 Å². The molecule has 0 spiro atoms. The second-order valence-electron chi connectivity index (χ2n) is 6.74. The lowest BCUT2D eigenvalue weighted by Gasteiger charge is -2.40. The van der Waals surface area contributed by atoms with E-state index in [0.717, 1.165) is 19.6 Å². The molecule has 0 radical (unpaired) electrons. The molecule has 1 fully saturated rings. The van der Waals surface area contributed by atoms with Gasteiger partial charge in [0.25, 0.3) is 0 Å². The maximum Gasteiger partial charge on any atom is 0.133 e. The van der Waals surface area contributed by atoms with Gasteiger partial charge in [0, 0.05) is 30.9 Å². The van der Waals surface area contributed by atoms with Crippen LogP contribution in [0.2, 0.25) is 0 Å². The summed E-state index contributed by atoms with van der Waals surface area (Å²) in [6, 6.07) is 4.65. The fraction of sp³-hybridized carbons (Fsp3) is 0.722. The van der Waals surface area contributed by atoms with Crippen molar-refractivity contribution < 1.29 is 0 Å².